The van der Waals surface area contributed by atoms with Gasteiger partial charge in [0.1, 0.15) is 17.3 Å². The fraction of sp³-hybridized carbons (Fsp3) is 0. The quantitative estimate of drug-likeness (QED) is 0.583. The highest BCUT2D eigenvalue weighted by Crippen LogP contribution is 2.21. The zero-order chi connectivity index (χ0) is 18.6. The van der Waals surface area contributed by atoms with Gasteiger partial charge in [-0.25, -0.2) is 10.1 Å². The second-order valence-corrected chi connectivity index (χ2v) is 5.75. The molecule has 0 saturated heterocycles. The molecule has 0 atom stereocenters. The smallest absolute Gasteiger partial charge is 0.272 e. The maximum atomic E-state index is 12.4. The molecule has 0 saturated carbocycles. The minimum atomic E-state index is -0.332. The number of nitrogens with zero attached hydrogens (tertiary/aromatic N) is 2. The van der Waals surface area contributed by atoms with Crippen molar-refractivity contribution >= 4 is 22.5 Å². The van der Waals surface area contributed by atoms with E-state index in [2.05, 4.69) is 20.5 Å². The molecule has 0 bridgehead atoms. The van der Waals surface area contributed by atoms with Gasteiger partial charge in [0.15, 0.2) is 0 Å². The van der Waals surface area contributed by atoms with Crippen LogP contribution in [0.5, 0.6) is 11.5 Å². The molecule has 0 aliphatic heterocycles. The number of pyridine rings is 1. The Hall–Kier alpha value is -4.00. The lowest BCUT2D eigenvalue weighted by molar-refractivity contribution is 0.102. The Morgan fingerprint density at radius 3 is 2.59 bits per heavy atom. The number of ether oxygens (including phenoxy) is 1. The summed E-state index contributed by atoms with van der Waals surface area (Å²) in [6.07, 6.45) is 3.04. The summed E-state index contributed by atoms with van der Waals surface area (Å²) in [5.74, 6) is 1.33. The average Bonchev–Trinajstić information content (AvgIpc) is 2.70. The first-order valence-corrected chi connectivity index (χ1v) is 8.17. The number of rotatable bonds is 4. The van der Waals surface area contributed by atoms with E-state index in [9.17, 15) is 9.59 Å². The Labute approximate surface area is 153 Å². The second kappa shape index (κ2) is 7.09. The molecule has 0 spiro atoms. The van der Waals surface area contributed by atoms with Gasteiger partial charge in [-0.2, -0.15) is 5.10 Å². The van der Waals surface area contributed by atoms with Crippen LogP contribution in [0.15, 0.2) is 77.9 Å². The molecule has 2 aromatic heterocycles. The number of benzene rings is 2. The summed E-state index contributed by atoms with van der Waals surface area (Å²) in [7, 11) is 0. The predicted molar refractivity (Wildman–Crippen MR) is 101 cm³/mol. The molecule has 4 rings (SSSR count). The number of carbonyl (C=O) groups excluding carboxylic acids is 1. The minimum Gasteiger partial charge on any atom is -0.456 e. The predicted octanol–water partition coefficient (Wildman–Crippen LogP) is 3.36. The molecule has 2 aromatic carbocycles. The largest absolute Gasteiger partial charge is 0.456 e. The van der Waals surface area contributed by atoms with Crippen molar-refractivity contribution in [1.29, 1.82) is 0 Å². The molecule has 7 heteroatoms. The fourth-order valence-corrected chi connectivity index (χ4v) is 2.57. The summed E-state index contributed by atoms with van der Waals surface area (Å²) < 4.78 is 5.67. The van der Waals surface area contributed by atoms with Crippen molar-refractivity contribution in [2.45, 2.75) is 0 Å². The molecule has 27 heavy (non-hydrogen) atoms. The van der Waals surface area contributed by atoms with Crippen LogP contribution in [0.3, 0.4) is 0 Å². The Morgan fingerprint density at radius 1 is 0.963 bits per heavy atom. The number of hydrogen-bond acceptors (Lipinski definition) is 5. The number of H-pyrrole nitrogens is 1. The van der Waals surface area contributed by atoms with Crippen molar-refractivity contribution in [3.8, 4) is 11.5 Å². The van der Waals surface area contributed by atoms with E-state index >= 15 is 0 Å². The number of hydrogen-bond donors (Lipinski definition) is 2. The van der Waals surface area contributed by atoms with E-state index in [0.717, 1.165) is 0 Å². The van der Waals surface area contributed by atoms with E-state index in [1.165, 1.54) is 12.4 Å². The standard InChI is InChI=1S/C20H14N4O3/c25-19(13-6-8-17-14(10-13)11-22-24-20(17)26)23-18-9-7-16(12-21-18)27-15-4-2-1-3-5-15/h1-12H,(H,24,26)(H,21,23,25). The Bertz CT molecular complexity index is 1160. The van der Waals surface area contributed by atoms with Crippen LogP contribution in [0, 0.1) is 0 Å². The number of fused-ring (bicyclic) bond motifs is 1. The second-order valence-electron chi connectivity index (χ2n) is 5.75. The van der Waals surface area contributed by atoms with Gasteiger partial charge in [0.05, 0.1) is 17.8 Å². The van der Waals surface area contributed by atoms with Gasteiger partial charge in [-0.15, -0.1) is 0 Å². The Kier molecular flexibility index (Phi) is 4.32. The SMILES string of the molecule is O=C(Nc1ccc(Oc2ccccc2)cn1)c1ccc2c(=O)[nH]ncc2c1. The maximum absolute atomic E-state index is 12.4. The maximum Gasteiger partial charge on any atom is 0.272 e. The summed E-state index contributed by atoms with van der Waals surface area (Å²) in [4.78, 5) is 28.3. The third kappa shape index (κ3) is 3.67. The molecular formula is C20H14N4O3. The molecule has 1 amide bonds. The van der Waals surface area contributed by atoms with E-state index < -0.39 is 0 Å². The van der Waals surface area contributed by atoms with E-state index in [1.807, 2.05) is 30.3 Å². The van der Waals surface area contributed by atoms with Crippen LogP contribution in [0.4, 0.5) is 5.82 Å². The topological polar surface area (TPSA) is 97.0 Å². The monoisotopic (exact) mass is 358 g/mol. The van der Waals surface area contributed by atoms with Crippen molar-refractivity contribution in [2.24, 2.45) is 0 Å². The van der Waals surface area contributed by atoms with Crippen LogP contribution in [0.1, 0.15) is 10.4 Å². The molecule has 0 aliphatic carbocycles. The molecule has 0 fully saturated rings. The third-order valence-electron chi connectivity index (χ3n) is 3.88. The van der Waals surface area contributed by atoms with Crippen LogP contribution >= 0.6 is 0 Å². The molecule has 7 nitrogen and oxygen atoms in total. The van der Waals surface area contributed by atoms with Gasteiger partial charge in [0, 0.05) is 10.9 Å². The lowest BCUT2D eigenvalue weighted by Crippen LogP contribution is -2.14. The molecule has 2 N–H and O–H groups in total. The number of para-hydroxylation sites is 1. The number of amides is 1. The lowest BCUT2D eigenvalue weighted by Gasteiger charge is -2.07. The van der Waals surface area contributed by atoms with Crippen LogP contribution in [-0.2, 0) is 0 Å². The molecule has 0 radical (unpaired) electrons. The highest BCUT2D eigenvalue weighted by atomic mass is 16.5. The first-order chi connectivity index (χ1) is 13.2. The highest BCUT2D eigenvalue weighted by Gasteiger charge is 2.09. The van der Waals surface area contributed by atoms with Crippen LogP contribution in [0.25, 0.3) is 10.8 Å². The number of carbonyl (C=O) groups is 1. The van der Waals surface area contributed by atoms with Gasteiger partial charge in [-0.1, -0.05) is 18.2 Å². The summed E-state index contributed by atoms with van der Waals surface area (Å²) in [6, 6.07) is 17.5. The number of anilines is 1. The number of nitrogens with one attached hydrogen (secondary N) is 2. The van der Waals surface area contributed by atoms with Crippen molar-refractivity contribution in [2.75, 3.05) is 5.32 Å². The van der Waals surface area contributed by atoms with E-state index in [0.29, 0.717) is 33.7 Å². The van der Waals surface area contributed by atoms with Crippen molar-refractivity contribution in [3.63, 3.8) is 0 Å². The van der Waals surface area contributed by atoms with Crippen molar-refractivity contribution < 1.29 is 9.53 Å². The van der Waals surface area contributed by atoms with Crippen LogP contribution < -0.4 is 15.6 Å². The van der Waals surface area contributed by atoms with E-state index in [-0.39, 0.29) is 11.5 Å². The number of aromatic amines is 1. The fourth-order valence-electron chi connectivity index (χ4n) is 2.57. The van der Waals surface area contributed by atoms with Gasteiger partial charge in [0.2, 0.25) is 0 Å². The lowest BCUT2D eigenvalue weighted by atomic mass is 10.1. The molecule has 4 aromatic rings. The summed E-state index contributed by atoms with van der Waals surface area (Å²) in [6.45, 7) is 0. The van der Waals surface area contributed by atoms with Crippen LogP contribution in [0.2, 0.25) is 0 Å². The summed E-state index contributed by atoms with van der Waals surface area (Å²) in [5.41, 5.74) is 0.108. The zero-order valence-electron chi connectivity index (χ0n) is 14.0. The van der Waals surface area contributed by atoms with Crippen molar-refractivity contribution in [1.82, 2.24) is 15.2 Å². The molecular weight excluding hydrogens is 344 g/mol. The van der Waals surface area contributed by atoms with Gasteiger partial charge < -0.3 is 10.1 Å². The number of aromatic nitrogens is 3. The van der Waals surface area contributed by atoms with Gasteiger partial charge in [0.25, 0.3) is 11.5 Å². The van der Waals surface area contributed by atoms with Gasteiger partial charge in [-0.3, -0.25) is 9.59 Å². The normalized spacial score (nSPS) is 10.5. The zero-order valence-corrected chi connectivity index (χ0v) is 14.0. The minimum absolute atomic E-state index is 0.296. The molecule has 132 valence electrons. The molecule has 0 aliphatic rings. The Morgan fingerprint density at radius 2 is 1.81 bits per heavy atom. The first kappa shape index (κ1) is 16.5. The molecule has 2 heterocycles. The summed E-state index contributed by atoms with van der Waals surface area (Å²) >= 11 is 0. The van der Waals surface area contributed by atoms with Gasteiger partial charge in [-0.05, 0) is 42.5 Å². The average molecular weight is 358 g/mol. The third-order valence-corrected chi connectivity index (χ3v) is 3.88. The van der Waals surface area contributed by atoms with Gasteiger partial charge >= 0.3 is 0 Å². The summed E-state index contributed by atoms with van der Waals surface area (Å²) in [5, 5.41) is 9.88. The van der Waals surface area contributed by atoms with Crippen molar-refractivity contribution in [3.05, 3.63) is 89.0 Å². The van der Waals surface area contributed by atoms with E-state index in [4.69, 9.17) is 4.74 Å². The van der Waals surface area contributed by atoms with E-state index in [1.54, 1.807) is 30.3 Å². The Balaban J connectivity index is 1.49. The highest BCUT2D eigenvalue weighted by molar-refractivity contribution is 6.05. The van der Waals surface area contributed by atoms with Crippen LogP contribution in [-0.4, -0.2) is 21.1 Å². The first-order valence-electron chi connectivity index (χ1n) is 8.17. The molecule has 0 unspecified atom stereocenters.